The molecule has 0 spiro atoms. The van der Waals surface area contributed by atoms with Crippen LogP contribution in [0.15, 0.2) is 29.2 Å². The van der Waals surface area contributed by atoms with Gasteiger partial charge in [-0.1, -0.05) is 53.8 Å². The molecule has 0 unspecified atom stereocenters. The molecule has 6 nitrogen and oxygen atoms in total. The van der Waals surface area contributed by atoms with Crippen LogP contribution in [0, 0.1) is 0 Å². The summed E-state index contributed by atoms with van der Waals surface area (Å²) in [6.07, 6.45) is 3.57. The normalized spacial score (nSPS) is 22.6. The fourth-order valence-electron chi connectivity index (χ4n) is 3.35. The Morgan fingerprint density at radius 2 is 2.07 bits per heavy atom. The molecule has 2 aliphatic rings. The monoisotopic (exact) mass is 438 g/mol. The van der Waals surface area contributed by atoms with E-state index in [-0.39, 0.29) is 10.2 Å². The van der Waals surface area contributed by atoms with Crippen molar-refractivity contribution in [1.82, 2.24) is 9.80 Å². The first-order chi connectivity index (χ1) is 13.3. The molecule has 0 saturated carbocycles. The number of thiocarbonyl (C=S) groups is 1. The van der Waals surface area contributed by atoms with Gasteiger partial charge in [0.2, 0.25) is 5.91 Å². The van der Waals surface area contributed by atoms with Gasteiger partial charge in [-0.25, -0.2) is 4.79 Å². The summed E-state index contributed by atoms with van der Waals surface area (Å²) in [5.41, 5.74) is 0.686. The summed E-state index contributed by atoms with van der Waals surface area (Å²) in [5.74, 6) is -1.80. The molecule has 0 radical (unpaired) electrons. The Hall–Kier alpha value is -1.90. The van der Waals surface area contributed by atoms with Gasteiger partial charge < -0.3 is 10.0 Å². The highest BCUT2D eigenvalue weighted by Gasteiger charge is 2.42. The molecule has 2 heterocycles. The molecule has 1 N–H and O–H groups in total. The van der Waals surface area contributed by atoms with E-state index in [2.05, 4.69) is 0 Å². The van der Waals surface area contributed by atoms with Crippen molar-refractivity contribution >= 4 is 63.8 Å². The number of hydrogen-bond donors (Lipinski definition) is 1. The molecule has 0 bridgehead atoms. The number of benzene rings is 1. The minimum Gasteiger partial charge on any atom is -0.480 e. The average Bonchev–Trinajstić information content (AvgIpc) is 2.95. The lowest BCUT2D eigenvalue weighted by atomic mass is 10.0. The molecule has 1 aromatic carbocycles. The molecule has 0 aromatic heterocycles. The number of piperidine rings is 1. The maximum absolute atomic E-state index is 13.0. The van der Waals surface area contributed by atoms with E-state index in [0.717, 1.165) is 24.6 Å². The van der Waals surface area contributed by atoms with E-state index < -0.39 is 24.0 Å². The van der Waals surface area contributed by atoms with Gasteiger partial charge >= 0.3 is 5.97 Å². The SMILES string of the molecule is C[C@H](C(=O)N1CCCC[C@H]1C(=O)O)N1C(=O)/C(=C/c2ccccc2Cl)SC1=S. The number of likely N-dealkylation sites (tertiary alicyclic amines) is 1. The standard InChI is InChI=1S/C19H19ClN2O4S2/c1-11(16(23)21-9-5-4-8-14(21)18(25)26)22-17(24)15(28-19(22)27)10-12-6-2-3-7-13(12)20/h2-3,6-7,10-11,14H,4-5,8-9H2,1H3,(H,25,26)/b15-10-/t11-,14+/m1/s1. The summed E-state index contributed by atoms with van der Waals surface area (Å²) in [6.45, 7) is 1.95. The molecule has 28 heavy (non-hydrogen) atoms. The summed E-state index contributed by atoms with van der Waals surface area (Å²) >= 11 is 12.6. The molecule has 1 aromatic rings. The minimum absolute atomic E-state index is 0.271. The van der Waals surface area contributed by atoms with Crippen molar-refractivity contribution in [3.05, 3.63) is 39.8 Å². The van der Waals surface area contributed by atoms with Crippen LogP contribution in [-0.4, -0.2) is 55.6 Å². The first kappa shape index (κ1) is 20.8. The maximum atomic E-state index is 13.0. The van der Waals surface area contributed by atoms with Gasteiger partial charge in [-0.3, -0.25) is 14.5 Å². The van der Waals surface area contributed by atoms with E-state index in [1.165, 1.54) is 9.80 Å². The Morgan fingerprint density at radius 1 is 1.36 bits per heavy atom. The number of carboxylic acids is 1. The lowest BCUT2D eigenvalue weighted by Crippen LogP contribution is -2.55. The number of hydrogen-bond acceptors (Lipinski definition) is 5. The van der Waals surface area contributed by atoms with E-state index in [1.54, 1.807) is 31.2 Å². The number of carboxylic acid groups (broad SMARTS) is 1. The van der Waals surface area contributed by atoms with Gasteiger partial charge in [-0.05, 0) is 43.9 Å². The zero-order valence-corrected chi connectivity index (χ0v) is 17.5. The predicted octanol–water partition coefficient (Wildman–Crippen LogP) is 3.40. The van der Waals surface area contributed by atoms with Crippen LogP contribution in [0.3, 0.4) is 0 Å². The van der Waals surface area contributed by atoms with Crippen molar-refractivity contribution in [2.45, 2.75) is 38.3 Å². The van der Waals surface area contributed by atoms with Crippen LogP contribution in [0.5, 0.6) is 0 Å². The number of halogens is 1. The van der Waals surface area contributed by atoms with E-state index >= 15 is 0 Å². The van der Waals surface area contributed by atoms with E-state index in [4.69, 9.17) is 23.8 Å². The second kappa shape index (κ2) is 8.63. The molecule has 3 rings (SSSR count). The molecular weight excluding hydrogens is 420 g/mol. The summed E-state index contributed by atoms with van der Waals surface area (Å²) < 4.78 is 0.271. The predicted molar refractivity (Wildman–Crippen MR) is 113 cm³/mol. The van der Waals surface area contributed by atoms with Crippen molar-refractivity contribution in [3.63, 3.8) is 0 Å². The highest BCUT2D eigenvalue weighted by atomic mass is 35.5. The fourth-order valence-corrected chi connectivity index (χ4v) is 4.95. The second-order valence-electron chi connectivity index (χ2n) is 6.63. The highest BCUT2D eigenvalue weighted by Crippen LogP contribution is 2.35. The van der Waals surface area contributed by atoms with Crippen LogP contribution in [0.25, 0.3) is 6.08 Å². The summed E-state index contributed by atoms with van der Waals surface area (Å²) in [5, 5.41) is 9.92. The quantitative estimate of drug-likeness (QED) is 0.573. The third-order valence-electron chi connectivity index (χ3n) is 4.83. The number of amides is 2. The minimum atomic E-state index is -1.02. The van der Waals surface area contributed by atoms with E-state index in [9.17, 15) is 19.5 Å². The first-order valence-corrected chi connectivity index (χ1v) is 10.5. The average molecular weight is 439 g/mol. The Balaban J connectivity index is 1.82. The topological polar surface area (TPSA) is 77.9 Å². The molecular formula is C19H19ClN2O4S2. The van der Waals surface area contributed by atoms with Crippen molar-refractivity contribution in [3.8, 4) is 0 Å². The van der Waals surface area contributed by atoms with Crippen LogP contribution < -0.4 is 0 Å². The lowest BCUT2D eigenvalue weighted by Gasteiger charge is -2.36. The molecule has 2 atom stereocenters. The smallest absolute Gasteiger partial charge is 0.326 e. The van der Waals surface area contributed by atoms with Crippen LogP contribution in [0.2, 0.25) is 5.02 Å². The van der Waals surface area contributed by atoms with Crippen molar-refractivity contribution in [1.29, 1.82) is 0 Å². The molecule has 2 amide bonds. The van der Waals surface area contributed by atoms with Gasteiger partial charge in [0.25, 0.3) is 5.91 Å². The lowest BCUT2D eigenvalue weighted by molar-refractivity contribution is -0.154. The Labute approximate surface area is 177 Å². The largest absolute Gasteiger partial charge is 0.480 e. The van der Waals surface area contributed by atoms with Crippen LogP contribution >= 0.6 is 35.6 Å². The molecule has 148 valence electrons. The van der Waals surface area contributed by atoms with E-state index in [0.29, 0.717) is 28.5 Å². The van der Waals surface area contributed by atoms with Crippen LogP contribution in [0.1, 0.15) is 31.7 Å². The Morgan fingerprint density at radius 3 is 2.75 bits per heavy atom. The third kappa shape index (κ3) is 4.09. The maximum Gasteiger partial charge on any atom is 0.326 e. The van der Waals surface area contributed by atoms with Gasteiger partial charge in [-0.15, -0.1) is 0 Å². The van der Waals surface area contributed by atoms with Crippen molar-refractivity contribution in [2.75, 3.05) is 6.54 Å². The molecule has 2 aliphatic heterocycles. The summed E-state index contributed by atoms with van der Waals surface area (Å²) in [6, 6.07) is 5.39. The summed E-state index contributed by atoms with van der Waals surface area (Å²) in [7, 11) is 0. The number of aliphatic carboxylic acids is 1. The Bertz CT molecular complexity index is 873. The van der Waals surface area contributed by atoms with Gasteiger partial charge in [-0.2, -0.15) is 0 Å². The molecule has 9 heteroatoms. The van der Waals surface area contributed by atoms with Gasteiger partial charge in [0, 0.05) is 11.6 Å². The molecule has 2 fully saturated rings. The molecule has 0 aliphatic carbocycles. The molecule has 2 saturated heterocycles. The fraction of sp³-hybridized carbons (Fsp3) is 0.368. The number of thioether (sulfide) groups is 1. The zero-order valence-electron chi connectivity index (χ0n) is 15.1. The number of rotatable bonds is 4. The number of nitrogens with zero attached hydrogens (tertiary/aromatic N) is 2. The van der Waals surface area contributed by atoms with Crippen LogP contribution in [0.4, 0.5) is 0 Å². The highest BCUT2D eigenvalue weighted by molar-refractivity contribution is 8.26. The van der Waals surface area contributed by atoms with Gasteiger partial charge in [0.15, 0.2) is 0 Å². The Kier molecular flexibility index (Phi) is 6.42. The van der Waals surface area contributed by atoms with Crippen LogP contribution in [-0.2, 0) is 14.4 Å². The van der Waals surface area contributed by atoms with Crippen molar-refractivity contribution < 1.29 is 19.5 Å². The van der Waals surface area contributed by atoms with Gasteiger partial charge in [0.1, 0.15) is 16.4 Å². The number of carbonyl (C=O) groups excluding carboxylic acids is 2. The van der Waals surface area contributed by atoms with Gasteiger partial charge in [0.05, 0.1) is 4.91 Å². The number of carbonyl (C=O) groups is 3. The second-order valence-corrected chi connectivity index (χ2v) is 8.71. The first-order valence-electron chi connectivity index (χ1n) is 8.86. The van der Waals surface area contributed by atoms with E-state index in [1.807, 2.05) is 6.07 Å². The van der Waals surface area contributed by atoms with Crippen molar-refractivity contribution in [2.24, 2.45) is 0 Å². The summed E-state index contributed by atoms with van der Waals surface area (Å²) in [4.78, 5) is 40.4. The zero-order chi connectivity index (χ0) is 20.4. The third-order valence-corrected chi connectivity index (χ3v) is 6.51.